The Bertz CT molecular complexity index is 585. The van der Waals surface area contributed by atoms with Crippen molar-refractivity contribution in [3.63, 3.8) is 0 Å². The van der Waals surface area contributed by atoms with E-state index in [1.54, 1.807) is 0 Å². The molecule has 1 fully saturated rings. The van der Waals surface area contributed by atoms with Crippen molar-refractivity contribution in [1.82, 2.24) is 4.57 Å². The van der Waals surface area contributed by atoms with Gasteiger partial charge in [-0.25, -0.2) is 8.42 Å². The van der Waals surface area contributed by atoms with E-state index in [0.29, 0.717) is 18.2 Å². The molecule has 5 nitrogen and oxygen atoms in total. The van der Waals surface area contributed by atoms with Crippen LogP contribution in [0.2, 0.25) is 0 Å². The number of anilines is 1. The van der Waals surface area contributed by atoms with Gasteiger partial charge in [-0.3, -0.25) is 4.79 Å². The van der Waals surface area contributed by atoms with Gasteiger partial charge in [0.15, 0.2) is 9.84 Å². The van der Waals surface area contributed by atoms with Crippen LogP contribution in [0.15, 0.2) is 22.0 Å². The van der Waals surface area contributed by atoms with Gasteiger partial charge in [0.05, 0.1) is 5.75 Å². The molecule has 94 valence electrons. The zero-order chi connectivity index (χ0) is 12.6. The monoisotopic (exact) mass is 256 g/mol. The number of rotatable bonds is 4. The molecule has 0 bridgehead atoms. The molecule has 17 heavy (non-hydrogen) atoms. The van der Waals surface area contributed by atoms with Crippen molar-refractivity contribution in [2.75, 3.05) is 11.5 Å². The maximum absolute atomic E-state index is 12.0. The quantitative estimate of drug-likeness (QED) is 0.856. The van der Waals surface area contributed by atoms with E-state index in [2.05, 4.69) is 0 Å². The van der Waals surface area contributed by atoms with Crippen LogP contribution in [-0.4, -0.2) is 18.7 Å². The molecule has 1 aromatic rings. The standard InChI is InChI=1S/C11H16N2O3S/c1-2-17(15,16)10-5-9(12)7-13(11(10)14)6-8-3-4-8/h5,7-8H,2-4,6,12H2,1H3. The van der Waals surface area contributed by atoms with E-state index in [1.165, 1.54) is 23.8 Å². The molecule has 0 unspecified atom stereocenters. The van der Waals surface area contributed by atoms with E-state index < -0.39 is 15.4 Å². The van der Waals surface area contributed by atoms with Gasteiger partial charge in [0.2, 0.25) is 0 Å². The number of nitrogen functional groups attached to an aromatic ring is 1. The summed E-state index contributed by atoms with van der Waals surface area (Å²) in [6.45, 7) is 2.08. The van der Waals surface area contributed by atoms with Gasteiger partial charge in [0, 0.05) is 18.4 Å². The molecule has 2 rings (SSSR count). The first kappa shape index (κ1) is 12.2. The lowest BCUT2D eigenvalue weighted by Crippen LogP contribution is -2.27. The van der Waals surface area contributed by atoms with Crippen LogP contribution in [0.1, 0.15) is 19.8 Å². The van der Waals surface area contributed by atoms with Crippen LogP contribution in [-0.2, 0) is 16.4 Å². The number of aromatic nitrogens is 1. The summed E-state index contributed by atoms with van der Waals surface area (Å²) in [7, 11) is -3.50. The summed E-state index contributed by atoms with van der Waals surface area (Å²) < 4.78 is 24.9. The van der Waals surface area contributed by atoms with Gasteiger partial charge >= 0.3 is 0 Å². The highest BCUT2D eigenvalue weighted by Gasteiger charge is 2.24. The first-order valence-electron chi connectivity index (χ1n) is 5.66. The van der Waals surface area contributed by atoms with Crippen molar-refractivity contribution >= 4 is 15.5 Å². The number of hydrogen-bond acceptors (Lipinski definition) is 4. The number of nitrogens with zero attached hydrogens (tertiary/aromatic N) is 1. The second-order valence-corrected chi connectivity index (χ2v) is 6.69. The normalized spacial score (nSPS) is 16.1. The smallest absolute Gasteiger partial charge is 0.269 e. The molecule has 1 aromatic heterocycles. The Morgan fingerprint density at radius 1 is 1.47 bits per heavy atom. The van der Waals surface area contributed by atoms with E-state index in [0.717, 1.165) is 12.8 Å². The molecule has 1 heterocycles. The fourth-order valence-corrected chi connectivity index (χ4v) is 2.73. The number of hydrogen-bond donors (Lipinski definition) is 1. The van der Waals surface area contributed by atoms with Crippen LogP contribution in [0.5, 0.6) is 0 Å². The van der Waals surface area contributed by atoms with Gasteiger partial charge in [-0.1, -0.05) is 6.92 Å². The molecule has 1 aliphatic rings. The third-order valence-corrected chi connectivity index (χ3v) is 4.66. The molecule has 0 saturated heterocycles. The molecule has 0 radical (unpaired) electrons. The SMILES string of the molecule is CCS(=O)(=O)c1cc(N)cn(CC2CC2)c1=O. The highest BCUT2D eigenvalue weighted by molar-refractivity contribution is 7.91. The number of nitrogens with two attached hydrogens (primary N) is 1. The molecule has 0 amide bonds. The predicted molar refractivity (Wildman–Crippen MR) is 65.6 cm³/mol. The van der Waals surface area contributed by atoms with Crippen LogP contribution >= 0.6 is 0 Å². The average Bonchev–Trinajstić information content (AvgIpc) is 3.06. The Morgan fingerprint density at radius 2 is 2.12 bits per heavy atom. The predicted octanol–water partition coefficient (Wildman–Crippen LogP) is 0.634. The van der Waals surface area contributed by atoms with Crippen LogP contribution in [0.3, 0.4) is 0 Å². The lowest BCUT2D eigenvalue weighted by Gasteiger charge is -2.09. The van der Waals surface area contributed by atoms with Crippen LogP contribution < -0.4 is 11.3 Å². The maximum atomic E-state index is 12.0. The minimum atomic E-state index is -3.50. The third kappa shape index (κ3) is 2.52. The van der Waals surface area contributed by atoms with Crippen LogP contribution in [0, 0.1) is 5.92 Å². The average molecular weight is 256 g/mol. The lowest BCUT2D eigenvalue weighted by molar-refractivity contribution is 0.579. The van der Waals surface area contributed by atoms with Gasteiger partial charge < -0.3 is 10.3 Å². The number of sulfone groups is 1. The molecule has 6 heteroatoms. The molecular weight excluding hydrogens is 240 g/mol. The summed E-state index contributed by atoms with van der Waals surface area (Å²) >= 11 is 0. The van der Waals surface area contributed by atoms with Gasteiger partial charge in [-0.15, -0.1) is 0 Å². The summed E-state index contributed by atoms with van der Waals surface area (Å²) in [4.78, 5) is 11.8. The fourth-order valence-electron chi connectivity index (χ4n) is 1.72. The van der Waals surface area contributed by atoms with E-state index in [4.69, 9.17) is 5.73 Å². The Balaban J connectivity index is 2.52. The molecule has 1 aliphatic carbocycles. The topological polar surface area (TPSA) is 82.2 Å². The van der Waals surface area contributed by atoms with Crippen molar-refractivity contribution in [2.45, 2.75) is 31.2 Å². The van der Waals surface area contributed by atoms with Gasteiger partial charge in [-0.05, 0) is 24.8 Å². The largest absolute Gasteiger partial charge is 0.398 e. The van der Waals surface area contributed by atoms with Crippen molar-refractivity contribution in [3.05, 3.63) is 22.6 Å². The second-order valence-electron chi connectivity index (χ2n) is 4.44. The summed E-state index contributed by atoms with van der Waals surface area (Å²) in [6.07, 6.45) is 3.71. The number of pyridine rings is 1. The highest BCUT2D eigenvalue weighted by Crippen LogP contribution is 2.30. The van der Waals surface area contributed by atoms with Gasteiger partial charge in [0.1, 0.15) is 4.90 Å². The Kier molecular flexibility index (Phi) is 2.99. The van der Waals surface area contributed by atoms with Crippen molar-refractivity contribution < 1.29 is 8.42 Å². The molecule has 0 aliphatic heterocycles. The van der Waals surface area contributed by atoms with Crippen molar-refractivity contribution in [2.24, 2.45) is 5.92 Å². The third-order valence-electron chi connectivity index (χ3n) is 2.94. The Morgan fingerprint density at radius 3 is 2.65 bits per heavy atom. The first-order chi connectivity index (χ1) is 7.94. The van der Waals surface area contributed by atoms with E-state index in [9.17, 15) is 13.2 Å². The summed E-state index contributed by atoms with van der Waals surface area (Å²) in [5.74, 6) is 0.404. The second kappa shape index (κ2) is 4.18. The van der Waals surface area contributed by atoms with Crippen LogP contribution in [0.4, 0.5) is 5.69 Å². The van der Waals surface area contributed by atoms with Gasteiger partial charge in [-0.2, -0.15) is 0 Å². The summed E-state index contributed by atoms with van der Waals surface area (Å²) in [5.41, 5.74) is 5.52. The molecular formula is C11H16N2O3S. The molecule has 0 atom stereocenters. The highest BCUT2D eigenvalue weighted by atomic mass is 32.2. The zero-order valence-corrected chi connectivity index (χ0v) is 10.5. The van der Waals surface area contributed by atoms with Crippen molar-refractivity contribution in [3.8, 4) is 0 Å². The Labute approximate surface area is 100 Å². The minimum Gasteiger partial charge on any atom is -0.398 e. The van der Waals surface area contributed by atoms with Crippen LogP contribution in [0.25, 0.3) is 0 Å². The van der Waals surface area contributed by atoms with Gasteiger partial charge in [0.25, 0.3) is 5.56 Å². The first-order valence-corrected chi connectivity index (χ1v) is 7.32. The zero-order valence-electron chi connectivity index (χ0n) is 9.72. The van der Waals surface area contributed by atoms with E-state index in [1.807, 2.05) is 0 Å². The summed E-state index contributed by atoms with van der Waals surface area (Å²) in [5, 5.41) is 0. The lowest BCUT2D eigenvalue weighted by atomic mass is 10.3. The Hall–Kier alpha value is -1.30. The minimum absolute atomic E-state index is 0.0882. The van der Waals surface area contributed by atoms with E-state index in [-0.39, 0.29) is 10.6 Å². The molecule has 1 saturated carbocycles. The summed E-state index contributed by atoms with van der Waals surface area (Å²) in [6, 6.07) is 1.25. The fraction of sp³-hybridized carbons (Fsp3) is 0.545. The molecule has 2 N–H and O–H groups in total. The maximum Gasteiger partial charge on any atom is 0.269 e. The molecule has 0 aromatic carbocycles. The van der Waals surface area contributed by atoms with Crippen molar-refractivity contribution in [1.29, 1.82) is 0 Å². The molecule has 0 spiro atoms. The van der Waals surface area contributed by atoms with E-state index >= 15 is 0 Å².